The van der Waals surface area contributed by atoms with Gasteiger partial charge >= 0.3 is 5.97 Å². The number of carbonyl (C=O) groups excluding carboxylic acids is 1. The first-order valence-electron chi connectivity index (χ1n) is 12.9. The Morgan fingerprint density at radius 3 is 2.41 bits per heavy atom. The van der Waals surface area contributed by atoms with E-state index in [1.165, 1.54) is 11.3 Å². The van der Waals surface area contributed by atoms with E-state index in [9.17, 15) is 9.59 Å². The average molecular weight is 541 g/mol. The quantitative estimate of drug-likeness (QED) is 0.343. The van der Waals surface area contributed by atoms with Crippen LogP contribution in [0.1, 0.15) is 42.4 Å². The number of benzene rings is 2. The van der Waals surface area contributed by atoms with Gasteiger partial charge in [0.05, 0.1) is 28.5 Å². The summed E-state index contributed by atoms with van der Waals surface area (Å²) < 4.78 is 9.76. The molecule has 200 valence electrons. The van der Waals surface area contributed by atoms with Crippen LogP contribution in [-0.2, 0) is 9.53 Å². The fourth-order valence-corrected chi connectivity index (χ4v) is 6.15. The van der Waals surface area contributed by atoms with Gasteiger partial charge in [0, 0.05) is 36.9 Å². The van der Waals surface area contributed by atoms with Crippen molar-refractivity contribution in [3.05, 3.63) is 114 Å². The summed E-state index contributed by atoms with van der Waals surface area (Å²) in [4.78, 5) is 34.2. The third-order valence-electron chi connectivity index (χ3n) is 7.01. The highest BCUT2D eigenvalue weighted by molar-refractivity contribution is 7.07. The number of aromatic nitrogens is 2. The maximum atomic E-state index is 13.9. The molecule has 0 saturated carbocycles. The Kier molecular flexibility index (Phi) is 7.14. The van der Waals surface area contributed by atoms with Gasteiger partial charge in [-0.05, 0) is 75.2 Å². The zero-order valence-corrected chi connectivity index (χ0v) is 23.9. The number of hydrogen-bond donors (Lipinski definition) is 0. The van der Waals surface area contributed by atoms with Gasteiger partial charge in [-0.1, -0.05) is 41.7 Å². The van der Waals surface area contributed by atoms with Crippen molar-refractivity contribution in [2.24, 2.45) is 4.99 Å². The number of aryl methyl sites for hydroxylation is 1. The van der Waals surface area contributed by atoms with Crippen LogP contribution in [0.4, 0.5) is 5.69 Å². The van der Waals surface area contributed by atoms with Crippen molar-refractivity contribution >= 4 is 29.1 Å². The van der Waals surface area contributed by atoms with E-state index in [0.717, 1.165) is 33.9 Å². The molecule has 7 nitrogen and oxygen atoms in total. The number of rotatable bonds is 6. The Bertz CT molecular complexity index is 1760. The van der Waals surface area contributed by atoms with Crippen LogP contribution in [0.3, 0.4) is 0 Å². The molecule has 5 rings (SSSR count). The predicted octanol–water partition coefficient (Wildman–Crippen LogP) is 4.27. The van der Waals surface area contributed by atoms with Crippen LogP contribution in [0.25, 0.3) is 11.8 Å². The molecule has 39 heavy (non-hydrogen) atoms. The Morgan fingerprint density at radius 2 is 1.77 bits per heavy atom. The first-order chi connectivity index (χ1) is 18.7. The predicted molar refractivity (Wildman–Crippen MR) is 156 cm³/mol. The molecule has 0 aliphatic carbocycles. The Balaban J connectivity index is 1.65. The van der Waals surface area contributed by atoms with E-state index in [2.05, 4.69) is 58.6 Å². The smallest absolute Gasteiger partial charge is 0.338 e. The maximum absolute atomic E-state index is 13.9. The number of ether oxygens (including phenoxy) is 1. The normalized spacial score (nSPS) is 15.2. The molecule has 0 N–H and O–H groups in total. The molecule has 1 atom stereocenters. The monoisotopic (exact) mass is 540 g/mol. The van der Waals surface area contributed by atoms with E-state index in [1.807, 2.05) is 50.5 Å². The molecule has 0 saturated heterocycles. The third-order valence-corrected chi connectivity index (χ3v) is 8.00. The van der Waals surface area contributed by atoms with E-state index in [-0.39, 0.29) is 12.2 Å². The van der Waals surface area contributed by atoms with Gasteiger partial charge in [-0.2, -0.15) is 0 Å². The highest BCUT2D eigenvalue weighted by Gasteiger charge is 2.33. The molecule has 0 amide bonds. The van der Waals surface area contributed by atoms with Crippen LogP contribution in [-0.4, -0.2) is 35.8 Å². The van der Waals surface area contributed by atoms with Gasteiger partial charge in [-0.15, -0.1) is 0 Å². The average Bonchev–Trinajstić information content (AvgIpc) is 3.37. The minimum atomic E-state index is -0.605. The van der Waals surface area contributed by atoms with Gasteiger partial charge in [-0.3, -0.25) is 9.36 Å². The lowest BCUT2D eigenvalue weighted by atomic mass is 9.96. The first kappa shape index (κ1) is 26.4. The van der Waals surface area contributed by atoms with Gasteiger partial charge < -0.3 is 14.2 Å². The van der Waals surface area contributed by atoms with Gasteiger partial charge in [0.1, 0.15) is 0 Å². The molecule has 8 heteroatoms. The summed E-state index contributed by atoms with van der Waals surface area (Å²) in [5, 5.41) is 0. The van der Waals surface area contributed by atoms with Crippen molar-refractivity contribution in [2.45, 2.75) is 33.7 Å². The van der Waals surface area contributed by atoms with Gasteiger partial charge in [0.25, 0.3) is 5.56 Å². The molecule has 2 aromatic heterocycles. The number of thiazole rings is 1. The lowest BCUT2D eigenvalue weighted by Crippen LogP contribution is -2.39. The van der Waals surface area contributed by atoms with Crippen LogP contribution in [0.5, 0.6) is 0 Å². The van der Waals surface area contributed by atoms with E-state index < -0.39 is 12.0 Å². The van der Waals surface area contributed by atoms with Crippen molar-refractivity contribution in [1.82, 2.24) is 9.13 Å². The molecular formula is C31H32N4O3S. The van der Waals surface area contributed by atoms with E-state index in [4.69, 9.17) is 4.74 Å². The number of allylic oxidation sites excluding steroid dienone is 1. The number of esters is 1. The summed E-state index contributed by atoms with van der Waals surface area (Å²) in [7, 11) is 4.05. The van der Waals surface area contributed by atoms with Gasteiger partial charge in [-0.25, -0.2) is 9.79 Å². The molecule has 0 radical (unpaired) electrons. The molecule has 0 spiro atoms. The van der Waals surface area contributed by atoms with Crippen molar-refractivity contribution in [2.75, 3.05) is 25.6 Å². The highest BCUT2D eigenvalue weighted by atomic mass is 32.1. The molecule has 1 aliphatic rings. The second kappa shape index (κ2) is 10.5. The van der Waals surface area contributed by atoms with Gasteiger partial charge in [0.2, 0.25) is 0 Å². The number of hydrogen-bond acceptors (Lipinski definition) is 6. The molecule has 3 heterocycles. The van der Waals surface area contributed by atoms with E-state index >= 15 is 0 Å². The largest absolute Gasteiger partial charge is 0.463 e. The van der Waals surface area contributed by atoms with Crippen molar-refractivity contribution < 1.29 is 9.53 Å². The zero-order valence-electron chi connectivity index (χ0n) is 23.1. The Morgan fingerprint density at radius 1 is 1.08 bits per heavy atom. The SMILES string of the molecule is CCOC(=O)C1=C(C)N=c2s/c(=C/c3cc(C)n(-c4ccc(N(C)C)cc4)c3C)c(=O)n2[C@H]1c1ccccc1. The topological polar surface area (TPSA) is 68.8 Å². The summed E-state index contributed by atoms with van der Waals surface area (Å²) in [6.45, 7) is 7.94. The molecule has 4 aromatic rings. The van der Waals surface area contributed by atoms with Crippen LogP contribution in [0.2, 0.25) is 0 Å². The van der Waals surface area contributed by atoms with Crippen molar-refractivity contribution in [3.8, 4) is 5.69 Å². The Hall–Kier alpha value is -4.17. The van der Waals surface area contributed by atoms with E-state index in [0.29, 0.717) is 20.6 Å². The van der Waals surface area contributed by atoms with Crippen molar-refractivity contribution in [3.63, 3.8) is 0 Å². The summed E-state index contributed by atoms with van der Waals surface area (Å²) in [6.07, 6.45) is 1.93. The minimum Gasteiger partial charge on any atom is -0.463 e. The number of nitrogens with zero attached hydrogens (tertiary/aromatic N) is 4. The fraction of sp³-hybridized carbons (Fsp3) is 0.258. The lowest BCUT2D eigenvalue weighted by Gasteiger charge is -2.24. The molecule has 0 fully saturated rings. The first-order valence-corrected chi connectivity index (χ1v) is 13.7. The second-order valence-electron chi connectivity index (χ2n) is 9.79. The number of fused-ring (bicyclic) bond motifs is 1. The van der Waals surface area contributed by atoms with Crippen LogP contribution >= 0.6 is 11.3 Å². The third kappa shape index (κ3) is 4.76. The Labute approximate surface area is 231 Å². The van der Waals surface area contributed by atoms with E-state index in [1.54, 1.807) is 18.4 Å². The highest BCUT2D eigenvalue weighted by Crippen LogP contribution is 2.30. The zero-order chi connectivity index (χ0) is 27.8. The summed E-state index contributed by atoms with van der Waals surface area (Å²) in [6, 6.07) is 19.5. The molecule has 0 unspecified atom stereocenters. The van der Waals surface area contributed by atoms with Crippen LogP contribution in [0, 0.1) is 13.8 Å². The van der Waals surface area contributed by atoms with Crippen molar-refractivity contribution in [1.29, 1.82) is 0 Å². The maximum Gasteiger partial charge on any atom is 0.338 e. The molecule has 0 bridgehead atoms. The minimum absolute atomic E-state index is 0.179. The molecular weight excluding hydrogens is 508 g/mol. The summed E-state index contributed by atoms with van der Waals surface area (Å²) in [5.74, 6) is -0.453. The summed E-state index contributed by atoms with van der Waals surface area (Å²) >= 11 is 1.34. The molecule has 2 aromatic carbocycles. The lowest BCUT2D eigenvalue weighted by molar-refractivity contribution is -0.139. The number of carbonyl (C=O) groups is 1. The molecule has 1 aliphatic heterocycles. The second-order valence-corrected chi connectivity index (χ2v) is 10.8. The van der Waals surface area contributed by atoms with Crippen LogP contribution in [0.15, 0.2) is 81.7 Å². The van der Waals surface area contributed by atoms with Gasteiger partial charge in [0.15, 0.2) is 4.80 Å². The summed E-state index contributed by atoms with van der Waals surface area (Å²) in [5.41, 5.74) is 6.89. The number of anilines is 1. The fourth-order valence-electron chi connectivity index (χ4n) is 5.11. The van der Waals surface area contributed by atoms with Crippen LogP contribution < -0.4 is 19.8 Å². The standard InChI is InChI=1S/C31H32N4O3S/c1-7-38-30(37)27-20(3)32-31-35(28(27)22-11-9-8-10-12-22)29(36)26(39-31)18-23-17-19(2)34(21(23)4)25-15-13-24(14-16-25)33(5)6/h8-18,28H,7H2,1-6H3/b26-18+/t28-/m0/s1.